The van der Waals surface area contributed by atoms with Gasteiger partial charge < -0.3 is 20.1 Å². The number of carbonyl (C=O) groups excluding carboxylic acids is 2. The molecule has 1 fully saturated rings. The molecule has 1 atom stereocenters. The highest BCUT2D eigenvalue weighted by Gasteiger charge is 2.27. The molecule has 2 N–H and O–H groups in total. The first kappa shape index (κ1) is 11.9. The van der Waals surface area contributed by atoms with Gasteiger partial charge in [0, 0.05) is 20.6 Å². The van der Waals surface area contributed by atoms with Crippen molar-refractivity contribution in [2.45, 2.75) is 25.2 Å². The van der Waals surface area contributed by atoms with E-state index in [0.717, 1.165) is 0 Å². The van der Waals surface area contributed by atoms with Gasteiger partial charge in [0.25, 0.3) is 0 Å². The van der Waals surface area contributed by atoms with Crippen LogP contribution in [0, 0.1) is 0 Å². The van der Waals surface area contributed by atoms with Gasteiger partial charge in [-0.15, -0.1) is 0 Å². The van der Waals surface area contributed by atoms with Gasteiger partial charge in [-0.2, -0.15) is 0 Å². The number of carbonyl (C=O) groups is 2. The second-order valence-electron chi connectivity index (χ2n) is 3.30. The molecule has 0 aromatic carbocycles. The van der Waals surface area contributed by atoms with Gasteiger partial charge in [0.15, 0.2) is 6.29 Å². The summed E-state index contributed by atoms with van der Waals surface area (Å²) >= 11 is 0. The van der Waals surface area contributed by atoms with Gasteiger partial charge in [0.05, 0.1) is 6.54 Å². The monoisotopic (exact) mass is 216 g/mol. The molecule has 1 rings (SSSR count). The largest absolute Gasteiger partial charge is 0.354 e. The summed E-state index contributed by atoms with van der Waals surface area (Å²) in [7, 11) is 3.00. The molecule has 0 aliphatic carbocycles. The summed E-state index contributed by atoms with van der Waals surface area (Å²) < 4.78 is 9.82. The topological polar surface area (TPSA) is 76.7 Å². The van der Waals surface area contributed by atoms with Gasteiger partial charge in [-0.25, -0.2) is 0 Å². The van der Waals surface area contributed by atoms with Crippen LogP contribution in [-0.4, -0.2) is 44.9 Å². The van der Waals surface area contributed by atoms with Gasteiger partial charge in [0.2, 0.25) is 11.8 Å². The van der Waals surface area contributed by atoms with Crippen LogP contribution >= 0.6 is 0 Å². The molecule has 1 unspecified atom stereocenters. The fourth-order valence-electron chi connectivity index (χ4n) is 1.38. The normalized spacial score (nSPS) is 20.5. The lowest BCUT2D eigenvalue weighted by Crippen LogP contribution is -2.44. The molecule has 0 saturated carbocycles. The molecule has 1 saturated heterocycles. The molecule has 2 amide bonds. The minimum Gasteiger partial charge on any atom is -0.354 e. The molecule has 0 spiro atoms. The van der Waals surface area contributed by atoms with E-state index in [1.54, 1.807) is 0 Å². The number of rotatable bonds is 5. The molecule has 15 heavy (non-hydrogen) atoms. The third kappa shape index (κ3) is 3.49. The number of amides is 2. The molecule has 1 aliphatic rings. The van der Waals surface area contributed by atoms with Crippen LogP contribution in [0.3, 0.4) is 0 Å². The van der Waals surface area contributed by atoms with Crippen molar-refractivity contribution in [2.75, 3.05) is 20.8 Å². The van der Waals surface area contributed by atoms with Gasteiger partial charge >= 0.3 is 0 Å². The van der Waals surface area contributed by atoms with Crippen LogP contribution in [0.2, 0.25) is 0 Å². The zero-order chi connectivity index (χ0) is 11.3. The number of nitrogens with one attached hydrogen (secondary N) is 2. The predicted octanol–water partition coefficient (Wildman–Crippen LogP) is -1.000. The highest BCUT2D eigenvalue weighted by atomic mass is 16.7. The Bertz CT molecular complexity index is 240. The van der Waals surface area contributed by atoms with E-state index in [1.807, 2.05) is 0 Å². The average Bonchev–Trinajstić information content (AvgIpc) is 2.66. The molecule has 0 bridgehead atoms. The zero-order valence-corrected chi connectivity index (χ0v) is 8.91. The van der Waals surface area contributed by atoms with Gasteiger partial charge in [-0.3, -0.25) is 9.59 Å². The van der Waals surface area contributed by atoms with Crippen LogP contribution in [0.1, 0.15) is 12.8 Å². The number of methoxy groups -OCH3 is 2. The van der Waals surface area contributed by atoms with Crippen molar-refractivity contribution < 1.29 is 19.1 Å². The smallest absolute Gasteiger partial charge is 0.242 e. The van der Waals surface area contributed by atoms with Crippen LogP contribution in [0.5, 0.6) is 0 Å². The third-order valence-electron chi connectivity index (χ3n) is 2.28. The van der Waals surface area contributed by atoms with Crippen LogP contribution in [0.4, 0.5) is 0 Å². The second kappa shape index (κ2) is 5.67. The fraction of sp³-hybridized carbons (Fsp3) is 0.778. The fourth-order valence-corrected chi connectivity index (χ4v) is 1.38. The van der Waals surface area contributed by atoms with Crippen LogP contribution in [0.25, 0.3) is 0 Å². The van der Waals surface area contributed by atoms with E-state index in [9.17, 15) is 9.59 Å². The summed E-state index contributed by atoms with van der Waals surface area (Å²) in [5, 5.41) is 5.22. The maximum absolute atomic E-state index is 11.5. The lowest BCUT2D eigenvalue weighted by atomic mass is 10.2. The quantitative estimate of drug-likeness (QED) is 0.578. The number of hydrogen-bond donors (Lipinski definition) is 2. The lowest BCUT2D eigenvalue weighted by Gasteiger charge is -2.16. The summed E-state index contributed by atoms with van der Waals surface area (Å²) in [4.78, 5) is 22.4. The lowest BCUT2D eigenvalue weighted by molar-refractivity contribution is -0.130. The molecular formula is C9H16N2O4. The molecule has 6 heteroatoms. The van der Waals surface area contributed by atoms with E-state index in [0.29, 0.717) is 12.8 Å². The Balaban J connectivity index is 2.26. The second-order valence-corrected chi connectivity index (χ2v) is 3.30. The molecule has 0 radical (unpaired) electrons. The highest BCUT2D eigenvalue weighted by molar-refractivity contribution is 5.90. The zero-order valence-electron chi connectivity index (χ0n) is 8.91. The van der Waals surface area contributed by atoms with E-state index >= 15 is 0 Å². The molecule has 1 heterocycles. The number of hydrogen-bond acceptors (Lipinski definition) is 4. The summed E-state index contributed by atoms with van der Waals surface area (Å²) in [6.45, 7) is 0.276. The average molecular weight is 216 g/mol. The maximum atomic E-state index is 11.5. The minimum atomic E-state index is -0.453. The van der Waals surface area contributed by atoms with Crippen molar-refractivity contribution in [2.24, 2.45) is 0 Å². The first-order valence-electron chi connectivity index (χ1n) is 4.80. The first-order valence-corrected chi connectivity index (χ1v) is 4.80. The Kier molecular flexibility index (Phi) is 4.51. The van der Waals surface area contributed by atoms with Crippen molar-refractivity contribution in [3.63, 3.8) is 0 Å². The predicted molar refractivity (Wildman–Crippen MR) is 52.0 cm³/mol. The molecule has 0 aromatic rings. The Morgan fingerprint density at radius 1 is 1.60 bits per heavy atom. The van der Waals surface area contributed by atoms with Crippen molar-refractivity contribution in [1.82, 2.24) is 10.6 Å². The van der Waals surface area contributed by atoms with E-state index in [4.69, 9.17) is 9.47 Å². The Morgan fingerprint density at radius 2 is 2.27 bits per heavy atom. The van der Waals surface area contributed by atoms with Crippen LogP contribution in [0.15, 0.2) is 0 Å². The molecule has 1 aliphatic heterocycles. The third-order valence-corrected chi connectivity index (χ3v) is 2.28. The van der Waals surface area contributed by atoms with Crippen molar-refractivity contribution in [3.8, 4) is 0 Å². The first-order chi connectivity index (χ1) is 7.17. The van der Waals surface area contributed by atoms with Gasteiger partial charge in [-0.05, 0) is 6.42 Å². The number of ether oxygens (including phenoxy) is 2. The van der Waals surface area contributed by atoms with Crippen molar-refractivity contribution in [3.05, 3.63) is 0 Å². The SMILES string of the molecule is COC(CNC(=O)C1CCC(=O)N1)OC. The Hall–Kier alpha value is -1.14. The summed E-state index contributed by atoms with van der Waals surface area (Å²) in [5.41, 5.74) is 0. The molecule has 6 nitrogen and oxygen atoms in total. The van der Waals surface area contributed by atoms with Crippen molar-refractivity contribution >= 4 is 11.8 Å². The van der Waals surface area contributed by atoms with E-state index < -0.39 is 12.3 Å². The summed E-state index contributed by atoms with van der Waals surface area (Å²) in [5.74, 6) is -0.273. The summed E-state index contributed by atoms with van der Waals surface area (Å²) in [6, 6.07) is -0.410. The van der Waals surface area contributed by atoms with Crippen LogP contribution < -0.4 is 10.6 Å². The Morgan fingerprint density at radius 3 is 2.73 bits per heavy atom. The Labute approximate surface area is 88.3 Å². The minimum absolute atomic E-state index is 0.0785. The van der Waals surface area contributed by atoms with Gasteiger partial charge in [0.1, 0.15) is 6.04 Å². The van der Waals surface area contributed by atoms with E-state index in [1.165, 1.54) is 14.2 Å². The van der Waals surface area contributed by atoms with Crippen molar-refractivity contribution in [1.29, 1.82) is 0 Å². The summed E-state index contributed by atoms with van der Waals surface area (Å²) in [6.07, 6.45) is 0.511. The molecular weight excluding hydrogens is 200 g/mol. The van der Waals surface area contributed by atoms with Gasteiger partial charge in [-0.1, -0.05) is 0 Å². The molecule has 86 valence electrons. The maximum Gasteiger partial charge on any atom is 0.242 e. The van der Waals surface area contributed by atoms with Crippen LogP contribution in [-0.2, 0) is 19.1 Å². The highest BCUT2D eigenvalue weighted by Crippen LogP contribution is 2.06. The molecule has 0 aromatic heterocycles. The van der Waals surface area contributed by atoms with E-state index in [2.05, 4.69) is 10.6 Å². The standard InChI is InChI=1S/C9H16N2O4/c1-14-8(15-2)5-10-9(13)6-3-4-7(12)11-6/h6,8H,3-5H2,1-2H3,(H,10,13)(H,11,12). The van der Waals surface area contributed by atoms with E-state index in [-0.39, 0.29) is 18.4 Å².